The Morgan fingerprint density at radius 1 is 1.10 bits per heavy atom. The van der Waals surface area contributed by atoms with E-state index in [1.165, 1.54) is 10.1 Å². The van der Waals surface area contributed by atoms with Gasteiger partial charge in [-0.15, -0.1) is 11.3 Å². The number of hydrogen-bond acceptors (Lipinski definition) is 5. The van der Waals surface area contributed by atoms with Crippen molar-refractivity contribution in [3.8, 4) is 23.6 Å². The van der Waals surface area contributed by atoms with Crippen LogP contribution in [0.5, 0.6) is 5.75 Å². The number of nitriles is 2. The molecule has 0 N–H and O–H groups in total. The van der Waals surface area contributed by atoms with Crippen LogP contribution in [0.25, 0.3) is 17.3 Å². The summed E-state index contributed by atoms with van der Waals surface area (Å²) < 4.78 is 7.79. The molecule has 0 aliphatic heterocycles. The van der Waals surface area contributed by atoms with Crippen LogP contribution in [0.1, 0.15) is 25.0 Å². The molecular weight excluding hydrogens is 382 g/mol. The van der Waals surface area contributed by atoms with Gasteiger partial charge in [0.15, 0.2) is 5.57 Å². The molecule has 0 saturated carbocycles. The van der Waals surface area contributed by atoms with E-state index < -0.39 is 0 Å². The van der Waals surface area contributed by atoms with E-state index in [0.717, 1.165) is 23.3 Å². The second-order valence-electron chi connectivity index (χ2n) is 6.15. The van der Waals surface area contributed by atoms with Crippen molar-refractivity contribution in [2.24, 2.45) is 0 Å². The van der Waals surface area contributed by atoms with E-state index in [1.54, 1.807) is 24.3 Å². The monoisotopic (exact) mass is 401 g/mol. The van der Waals surface area contributed by atoms with Crippen LogP contribution in [0, 0.1) is 22.7 Å². The zero-order valence-electron chi connectivity index (χ0n) is 16.2. The second-order valence-corrected chi connectivity index (χ2v) is 7.18. The largest absolute Gasteiger partial charge is 0.492 e. The predicted octanol–water partition coefficient (Wildman–Crippen LogP) is 2.89. The van der Waals surface area contributed by atoms with E-state index in [-0.39, 0.29) is 11.1 Å². The highest BCUT2D eigenvalue weighted by Gasteiger charge is 2.14. The zero-order valence-corrected chi connectivity index (χ0v) is 17.0. The van der Waals surface area contributed by atoms with E-state index in [1.807, 2.05) is 49.4 Å². The van der Waals surface area contributed by atoms with Gasteiger partial charge in [0, 0.05) is 0 Å². The molecule has 6 heteroatoms. The molecule has 1 aromatic heterocycles. The molecule has 0 radical (unpaired) electrons. The molecule has 29 heavy (non-hydrogen) atoms. The lowest BCUT2D eigenvalue weighted by molar-refractivity contribution is 0.339. The van der Waals surface area contributed by atoms with Gasteiger partial charge < -0.3 is 4.74 Å². The molecule has 3 aromatic rings. The first kappa shape index (κ1) is 20.1. The third-order valence-electron chi connectivity index (χ3n) is 4.35. The molecule has 144 valence electrons. The number of hydrogen-bond donors (Lipinski definition) is 0. The van der Waals surface area contributed by atoms with Crippen LogP contribution in [0.4, 0.5) is 0 Å². The summed E-state index contributed by atoms with van der Waals surface area (Å²) in [5, 5.41) is 18.8. The SMILES string of the molecule is CCOc1ccccc1-n1c(=C(C#N)C#N)s/c(=C/c2ccc(CC)cc2)c1=O. The van der Waals surface area contributed by atoms with Gasteiger partial charge in [-0.05, 0) is 42.7 Å². The third-order valence-corrected chi connectivity index (χ3v) is 5.45. The zero-order chi connectivity index (χ0) is 20.8. The molecular formula is C23H19N3O2S. The fourth-order valence-corrected chi connectivity index (χ4v) is 3.96. The summed E-state index contributed by atoms with van der Waals surface area (Å²) in [6.45, 7) is 4.37. The topological polar surface area (TPSA) is 78.8 Å². The van der Waals surface area contributed by atoms with Gasteiger partial charge in [0.25, 0.3) is 5.56 Å². The minimum absolute atomic E-state index is 0.112. The van der Waals surface area contributed by atoms with Gasteiger partial charge in [0.05, 0.1) is 16.8 Å². The summed E-state index contributed by atoms with van der Waals surface area (Å²) in [7, 11) is 0. The van der Waals surface area contributed by atoms with Gasteiger partial charge in [-0.1, -0.05) is 43.3 Å². The standard InChI is InChI=1S/C23H19N3O2S/c1-3-16-9-11-17(12-10-16)13-21-22(27)26(23(29-21)18(14-24)15-25)19-7-5-6-8-20(19)28-4-2/h5-13H,3-4H2,1-2H3/b21-13+. The summed E-state index contributed by atoms with van der Waals surface area (Å²) >= 11 is 1.13. The number of aromatic nitrogens is 1. The van der Waals surface area contributed by atoms with Crippen molar-refractivity contribution < 1.29 is 4.74 Å². The van der Waals surface area contributed by atoms with Crippen molar-refractivity contribution in [2.75, 3.05) is 6.61 Å². The number of para-hydroxylation sites is 2. The van der Waals surface area contributed by atoms with Crippen molar-refractivity contribution in [2.45, 2.75) is 20.3 Å². The predicted molar refractivity (Wildman–Crippen MR) is 114 cm³/mol. The maximum absolute atomic E-state index is 13.3. The van der Waals surface area contributed by atoms with Crippen molar-refractivity contribution in [1.29, 1.82) is 10.5 Å². The normalized spacial score (nSPS) is 11.0. The van der Waals surface area contributed by atoms with Crippen molar-refractivity contribution >= 4 is 23.0 Å². The molecule has 0 bridgehead atoms. The molecule has 5 nitrogen and oxygen atoms in total. The van der Waals surface area contributed by atoms with Crippen LogP contribution >= 0.6 is 11.3 Å². The van der Waals surface area contributed by atoms with Gasteiger partial charge in [0.2, 0.25) is 0 Å². The quantitative estimate of drug-likeness (QED) is 0.659. The fraction of sp³-hybridized carbons (Fsp3) is 0.174. The maximum Gasteiger partial charge on any atom is 0.273 e. The molecule has 1 heterocycles. The summed E-state index contributed by atoms with van der Waals surface area (Å²) in [4.78, 5) is 13.3. The molecule has 0 atom stereocenters. The average molecular weight is 401 g/mol. The Bertz CT molecular complexity index is 1270. The van der Waals surface area contributed by atoms with E-state index in [4.69, 9.17) is 4.74 Å². The van der Waals surface area contributed by atoms with Crippen LogP contribution in [0.15, 0.2) is 53.3 Å². The smallest absolute Gasteiger partial charge is 0.273 e. The van der Waals surface area contributed by atoms with Crippen LogP contribution in [0.3, 0.4) is 0 Å². The summed E-state index contributed by atoms with van der Waals surface area (Å²) in [6.07, 6.45) is 2.72. The van der Waals surface area contributed by atoms with Gasteiger partial charge in [0.1, 0.15) is 22.6 Å². The van der Waals surface area contributed by atoms with Gasteiger partial charge in [-0.2, -0.15) is 10.5 Å². The Labute approximate surface area is 172 Å². The van der Waals surface area contributed by atoms with E-state index in [9.17, 15) is 15.3 Å². The average Bonchev–Trinajstić information content (AvgIpc) is 3.06. The summed E-state index contributed by atoms with van der Waals surface area (Å²) in [5.41, 5.74) is 2.20. The third kappa shape index (κ3) is 4.13. The van der Waals surface area contributed by atoms with Crippen LogP contribution < -0.4 is 19.5 Å². The minimum Gasteiger partial charge on any atom is -0.492 e. The molecule has 0 aliphatic carbocycles. The number of aryl methyl sites for hydroxylation is 1. The number of benzene rings is 2. The molecule has 2 aromatic carbocycles. The Morgan fingerprint density at radius 3 is 2.41 bits per heavy atom. The van der Waals surface area contributed by atoms with E-state index in [0.29, 0.717) is 27.2 Å². The van der Waals surface area contributed by atoms with Crippen molar-refractivity contribution in [3.05, 3.63) is 79.2 Å². The Morgan fingerprint density at radius 2 is 1.79 bits per heavy atom. The first-order chi connectivity index (χ1) is 14.1. The lowest BCUT2D eigenvalue weighted by Gasteiger charge is -2.10. The molecule has 0 saturated heterocycles. The van der Waals surface area contributed by atoms with Gasteiger partial charge >= 0.3 is 0 Å². The van der Waals surface area contributed by atoms with Crippen LogP contribution in [-0.2, 0) is 6.42 Å². The van der Waals surface area contributed by atoms with Gasteiger partial charge in [-0.3, -0.25) is 9.36 Å². The number of rotatable bonds is 5. The Kier molecular flexibility index (Phi) is 6.29. The molecule has 0 spiro atoms. The lowest BCUT2D eigenvalue weighted by atomic mass is 10.1. The molecule has 0 amide bonds. The summed E-state index contributed by atoms with van der Waals surface area (Å²) in [5.74, 6) is 0.519. The van der Waals surface area contributed by atoms with Crippen LogP contribution in [0.2, 0.25) is 0 Å². The van der Waals surface area contributed by atoms with Crippen molar-refractivity contribution in [1.82, 2.24) is 4.57 Å². The summed E-state index contributed by atoms with van der Waals surface area (Å²) in [6, 6.07) is 18.9. The maximum atomic E-state index is 13.3. The van der Waals surface area contributed by atoms with Crippen LogP contribution in [-0.4, -0.2) is 11.2 Å². The highest BCUT2D eigenvalue weighted by atomic mass is 32.1. The highest BCUT2D eigenvalue weighted by molar-refractivity contribution is 7.07. The number of thiazole rings is 1. The highest BCUT2D eigenvalue weighted by Crippen LogP contribution is 2.20. The first-order valence-corrected chi connectivity index (χ1v) is 10.0. The van der Waals surface area contributed by atoms with E-state index >= 15 is 0 Å². The van der Waals surface area contributed by atoms with Gasteiger partial charge in [-0.25, -0.2) is 0 Å². The Balaban J connectivity index is 2.34. The number of nitrogens with zero attached hydrogens (tertiary/aromatic N) is 3. The number of ether oxygens (including phenoxy) is 1. The molecule has 0 unspecified atom stereocenters. The first-order valence-electron chi connectivity index (χ1n) is 9.22. The minimum atomic E-state index is -0.292. The molecule has 0 fully saturated rings. The lowest BCUT2D eigenvalue weighted by Crippen LogP contribution is -2.31. The van der Waals surface area contributed by atoms with Crippen molar-refractivity contribution in [3.63, 3.8) is 0 Å². The Hall–Kier alpha value is -3.61. The molecule has 0 aliphatic rings. The molecule has 3 rings (SSSR count). The second kappa shape index (κ2) is 9.05. The fourth-order valence-electron chi connectivity index (χ4n) is 2.91. The van der Waals surface area contributed by atoms with E-state index in [2.05, 4.69) is 6.92 Å².